The van der Waals surface area contributed by atoms with Crippen LogP contribution in [0.1, 0.15) is 22.5 Å². The monoisotopic (exact) mass is 486 g/mol. The summed E-state index contributed by atoms with van der Waals surface area (Å²) in [6, 6.07) is 15.7. The van der Waals surface area contributed by atoms with Gasteiger partial charge in [-0.2, -0.15) is 0 Å². The minimum atomic E-state index is -0.936. The number of nitrogens with zero attached hydrogens (tertiary/aromatic N) is 2. The molecule has 0 N–H and O–H groups in total. The van der Waals surface area contributed by atoms with Gasteiger partial charge in [-0.3, -0.25) is 14.4 Å². The van der Waals surface area contributed by atoms with E-state index in [9.17, 15) is 14.4 Å². The lowest BCUT2D eigenvalue weighted by atomic mass is 10.1. The van der Waals surface area contributed by atoms with Gasteiger partial charge in [0, 0.05) is 15.1 Å². The van der Waals surface area contributed by atoms with Gasteiger partial charge in [0.2, 0.25) is 5.91 Å². The molecule has 2 heterocycles. The van der Waals surface area contributed by atoms with Crippen LogP contribution in [0.2, 0.25) is 5.02 Å². The smallest absolute Gasteiger partial charge is 0.257 e. The van der Waals surface area contributed by atoms with Gasteiger partial charge in [0.05, 0.1) is 24.9 Å². The number of rotatable bonds is 5. The summed E-state index contributed by atoms with van der Waals surface area (Å²) < 4.78 is 6.22. The van der Waals surface area contributed by atoms with E-state index in [0.29, 0.717) is 22.0 Å². The fraction of sp³-hybridized carbons (Fsp3) is 0.136. The fourth-order valence-corrected chi connectivity index (χ4v) is 3.76. The van der Waals surface area contributed by atoms with Crippen LogP contribution in [0.3, 0.4) is 0 Å². The molecule has 30 heavy (non-hydrogen) atoms. The molecule has 3 amide bonds. The zero-order chi connectivity index (χ0) is 21.3. The Morgan fingerprint density at radius 1 is 1.10 bits per heavy atom. The molecule has 2 aromatic carbocycles. The third kappa shape index (κ3) is 4.04. The Bertz CT molecular complexity index is 1080. The van der Waals surface area contributed by atoms with E-state index in [1.807, 2.05) is 0 Å². The molecule has 8 heteroatoms. The molecule has 1 aromatic heterocycles. The predicted octanol–water partition coefficient (Wildman–Crippen LogP) is 4.67. The highest BCUT2D eigenvalue weighted by Crippen LogP contribution is 2.29. The molecule has 4 rings (SSSR count). The topological polar surface area (TPSA) is 70.8 Å². The summed E-state index contributed by atoms with van der Waals surface area (Å²) in [4.78, 5) is 41.7. The van der Waals surface area contributed by atoms with Gasteiger partial charge in [0.1, 0.15) is 11.8 Å². The average molecular weight is 488 g/mol. The Labute approximate surface area is 186 Å². The first-order valence-corrected chi connectivity index (χ1v) is 10.3. The molecule has 1 fully saturated rings. The molecular weight excluding hydrogens is 472 g/mol. The van der Waals surface area contributed by atoms with Crippen LogP contribution in [0.5, 0.6) is 0 Å². The maximum absolute atomic E-state index is 13.3. The second-order valence-electron chi connectivity index (χ2n) is 6.78. The van der Waals surface area contributed by atoms with E-state index < -0.39 is 11.9 Å². The second-order valence-corrected chi connectivity index (χ2v) is 8.14. The van der Waals surface area contributed by atoms with Crippen LogP contribution in [-0.2, 0) is 16.1 Å². The van der Waals surface area contributed by atoms with Crippen molar-refractivity contribution in [1.29, 1.82) is 0 Å². The minimum absolute atomic E-state index is 0.0618. The van der Waals surface area contributed by atoms with Gasteiger partial charge in [-0.05, 0) is 60.7 Å². The minimum Gasteiger partial charge on any atom is -0.467 e. The first kappa shape index (κ1) is 20.4. The van der Waals surface area contributed by atoms with Crippen LogP contribution in [0.15, 0.2) is 75.8 Å². The van der Waals surface area contributed by atoms with E-state index in [-0.39, 0.29) is 24.8 Å². The number of hydrogen-bond donors (Lipinski definition) is 0. The van der Waals surface area contributed by atoms with Crippen molar-refractivity contribution in [3.8, 4) is 0 Å². The normalized spacial score (nSPS) is 16.2. The lowest BCUT2D eigenvalue weighted by Gasteiger charge is -2.27. The molecule has 0 spiro atoms. The van der Waals surface area contributed by atoms with Gasteiger partial charge in [0.15, 0.2) is 0 Å². The molecule has 0 radical (unpaired) electrons. The Hall–Kier alpha value is -2.90. The third-order valence-corrected chi connectivity index (χ3v) is 5.62. The predicted molar refractivity (Wildman–Crippen MR) is 115 cm³/mol. The highest BCUT2D eigenvalue weighted by Gasteiger charge is 2.44. The summed E-state index contributed by atoms with van der Waals surface area (Å²) in [5.41, 5.74) is 0.834. The summed E-state index contributed by atoms with van der Waals surface area (Å²) in [6.07, 6.45) is 1.39. The number of furan rings is 1. The van der Waals surface area contributed by atoms with Crippen LogP contribution in [0.25, 0.3) is 0 Å². The van der Waals surface area contributed by atoms with Gasteiger partial charge in [0.25, 0.3) is 11.8 Å². The Morgan fingerprint density at radius 2 is 1.80 bits per heavy atom. The first-order valence-electron chi connectivity index (χ1n) is 9.15. The van der Waals surface area contributed by atoms with Crippen molar-refractivity contribution in [3.63, 3.8) is 0 Å². The van der Waals surface area contributed by atoms with E-state index in [1.165, 1.54) is 11.2 Å². The molecule has 1 aliphatic rings. The molecule has 0 aliphatic carbocycles. The largest absolute Gasteiger partial charge is 0.467 e. The van der Waals surface area contributed by atoms with Crippen molar-refractivity contribution in [1.82, 2.24) is 4.90 Å². The average Bonchev–Trinajstić information content (AvgIpc) is 3.35. The molecule has 1 aliphatic heterocycles. The van der Waals surface area contributed by atoms with Crippen LogP contribution in [0.4, 0.5) is 5.69 Å². The van der Waals surface area contributed by atoms with Crippen molar-refractivity contribution in [3.05, 3.63) is 87.7 Å². The van der Waals surface area contributed by atoms with Crippen LogP contribution < -0.4 is 4.90 Å². The number of carbonyl (C=O) groups is 3. The molecule has 1 atom stereocenters. The lowest BCUT2D eigenvalue weighted by molar-refractivity contribution is -0.122. The number of imide groups is 1. The molecule has 3 aromatic rings. The Kier molecular flexibility index (Phi) is 5.74. The van der Waals surface area contributed by atoms with Crippen LogP contribution in [0, 0.1) is 0 Å². The maximum Gasteiger partial charge on any atom is 0.257 e. The standard InChI is InChI=1S/C22H16BrClN2O4/c23-15-5-9-17(10-6-15)26-20(27)12-19(22(26)29)25(13-18-2-1-11-30-18)21(28)14-3-7-16(24)8-4-14/h1-11,19H,12-13H2. The van der Waals surface area contributed by atoms with Crippen LogP contribution >= 0.6 is 27.5 Å². The van der Waals surface area contributed by atoms with Gasteiger partial charge < -0.3 is 9.32 Å². The second kappa shape index (κ2) is 8.45. The van der Waals surface area contributed by atoms with E-state index in [0.717, 1.165) is 9.37 Å². The molecule has 1 saturated heterocycles. The van der Waals surface area contributed by atoms with Crippen molar-refractivity contribution >= 4 is 50.9 Å². The van der Waals surface area contributed by atoms with Gasteiger partial charge in [-0.1, -0.05) is 27.5 Å². The van der Waals surface area contributed by atoms with Crippen molar-refractivity contribution in [2.75, 3.05) is 4.90 Å². The van der Waals surface area contributed by atoms with E-state index in [4.69, 9.17) is 16.0 Å². The number of hydrogen-bond acceptors (Lipinski definition) is 4. The molecule has 0 saturated carbocycles. The maximum atomic E-state index is 13.3. The fourth-order valence-electron chi connectivity index (χ4n) is 3.37. The Balaban J connectivity index is 1.67. The number of carbonyl (C=O) groups excluding carboxylic acids is 3. The Morgan fingerprint density at radius 3 is 2.43 bits per heavy atom. The summed E-state index contributed by atoms with van der Waals surface area (Å²) in [6.45, 7) is 0.0618. The van der Waals surface area contributed by atoms with Crippen LogP contribution in [-0.4, -0.2) is 28.7 Å². The van der Waals surface area contributed by atoms with Crippen molar-refractivity contribution in [2.45, 2.75) is 19.0 Å². The first-order chi connectivity index (χ1) is 14.4. The molecule has 0 bridgehead atoms. The highest BCUT2D eigenvalue weighted by atomic mass is 79.9. The SMILES string of the molecule is O=C1CC(N(Cc2ccco2)C(=O)c2ccc(Cl)cc2)C(=O)N1c1ccc(Br)cc1. The summed E-state index contributed by atoms with van der Waals surface area (Å²) in [7, 11) is 0. The number of amides is 3. The van der Waals surface area contributed by atoms with E-state index in [1.54, 1.807) is 60.7 Å². The number of anilines is 1. The summed E-state index contributed by atoms with van der Waals surface area (Å²) >= 11 is 9.27. The number of halogens is 2. The zero-order valence-corrected chi connectivity index (χ0v) is 18.0. The van der Waals surface area contributed by atoms with E-state index in [2.05, 4.69) is 15.9 Å². The quantitative estimate of drug-likeness (QED) is 0.490. The van der Waals surface area contributed by atoms with E-state index >= 15 is 0 Å². The summed E-state index contributed by atoms with van der Waals surface area (Å²) in [5.74, 6) is -0.677. The molecular formula is C22H16BrClN2O4. The lowest BCUT2D eigenvalue weighted by Crippen LogP contribution is -2.45. The summed E-state index contributed by atoms with van der Waals surface area (Å²) in [5, 5.41) is 0.498. The molecule has 1 unspecified atom stereocenters. The molecule has 152 valence electrons. The van der Waals surface area contributed by atoms with Crippen molar-refractivity contribution < 1.29 is 18.8 Å². The highest BCUT2D eigenvalue weighted by molar-refractivity contribution is 9.10. The van der Waals surface area contributed by atoms with Crippen molar-refractivity contribution in [2.24, 2.45) is 0 Å². The van der Waals surface area contributed by atoms with Gasteiger partial charge >= 0.3 is 0 Å². The van der Waals surface area contributed by atoms with Gasteiger partial charge in [-0.25, -0.2) is 4.90 Å². The zero-order valence-electron chi connectivity index (χ0n) is 15.6. The van der Waals surface area contributed by atoms with Gasteiger partial charge in [-0.15, -0.1) is 0 Å². The third-order valence-electron chi connectivity index (χ3n) is 4.84. The molecule has 6 nitrogen and oxygen atoms in total. The number of benzene rings is 2.